The van der Waals surface area contributed by atoms with E-state index in [1.807, 2.05) is 35.2 Å². The molecule has 0 radical (unpaired) electrons. The van der Waals surface area contributed by atoms with Crippen LogP contribution in [-0.4, -0.2) is 48.5 Å². The average molecular weight is 532 g/mol. The van der Waals surface area contributed by atoms with Gasteiger partial charge in [0.1, 0.15) is 29.5 Å². The Kier molecular flexibility index (Phi) is 8.00. The van der Waals surface area contributed by atoms with Crippen LogP contribution in [0.2, 0.25) is 0 Å². The molecule has 1 N–H and O–H groups in total. The van der Waals surface area contributed by atoms with Crippen LogP contribution in [0.3, 0.4) is 0 Å². The van der Waals surface area contributed by atoms with E-state index in [2.05, 4.69) is 28.4 Å². The van der Waals surface area contributed by atoms with Gasteiger partial charge < -0.3 is 24.6 Å². The highest BCUT2D eigenvalue weighted by molar-refractivity contribution is 5.83. The van der Waals surface area contributed by atoms with Crippen molar-refractivity contribution < 1.29 is 23.5 Å². The number of anilines is 1. The molecule has 5 rings (SSSR count). The van der Waals surface area contributed by atoms with E-state index in [1.54, 1.807) is 12.1 Å². The standard InChI is InChI=1S/C31H34FN3O4/c1-23(36)33-20-30(37)34-17-14-31(15-18-34)16-19-35(28-4-2-3-5-29(28)39-31)21-24-8-12-27(13-9-24)38-22-25-6-10-26(32)11-7-25/h2-13H,14-22H2,1H3,(H,33,36). The Morgan fingerprint density at radius 3 is 2.31 bits per heavy atom. The van der Waals surface area contributed by atoms with Gasteiger partial charge in [-0.25, -0.2) is 4.39 Å². The Balaban J connectivity index is 1.21. The van der Waals surface area contributed by atoms with Gasteiger partial charge in [0.2, 0.25) is 11.8 Å². The predicted octanol–water partition coefficient (Wildman–Crippen LogP) is 4.69. The summed E-state index contributed by atoms with van der Waals surface area (Å²) in [6.45, 7) is 4.62. The molecule has 0 aromatic heterocycles. The fourth-order valence-corrected chi connectivity index (χ4v) is 5.20. The van der Waals surface area contributed by atoms with Gasteiger partial charge in [-0.15, -0.1) is 0 Å². The number of hydrogen-bond donors (Lipinski definition) is 1. The molecule has 2 aliphatic rings. The fourth-order valence-electron chi connectivity index (χ4n) is 5.20. The predicted molar refractivity (Wildman–Crippen MR) is 147 cm³/mol. The third kappa shape index (κ3) is 6.69. The monoisotopic (exact) mass is 531 g/mol. The quantitative estimate of drug-likeness (QED) is 0.479. The summed E-state index contributed by atoms with van der Waals surface area (Å²) in [4.78, 5) is 27.8. The molecule has 2 aliphatic heterocycles. The molecule has 0 unspecified atom stereocenters. The van der Waals surface area contributed by atoms with E-state index < -0.39 is 0 Å². The van der Waals surface area contributed by atoms with E-state index in [0.717, 1.165) is 60.7 Å². The zero-order valence-corrected chi connectivity index (χ0v) is 22.2. The van der Waals surface area contributed by atoms with Gasteiger partial charge >= 0.3 is 0 Å². The van der Waals surface area contributed by atoms with Crippen LogP contribution in [0.4, 0.5) is 10.1 Å². The van der Waals surface area contributed by atoms with Crippen molar-refractivity contribution in [1.82, 2.24) is 10.2 Å². The normalized spacial score (nSPS) is 16.2. The number of rotatable bonds is 7. The smallest absolute Gasteiger partial charge is 0.241 e. The van der Waals surface area contributed by atoms with Gasteiger partial charge in [0.05, 0.1) is 12.2 Å². The van der Waals surface area contributed by atoms with Crippen LogP contribution in [0.15, 0.2) is 72.8 Å². The molecular weight excluding hydrogens is 497 g/mol. The number of piperidine rings is 1. The van der Waals surface area contributed by atoms with Crippen LogP contribution in [0.25, 0.3) is 0 Å². The molecule has 2 heterocycles. The molecule has 8 heteroatoms. The lowest BCUT2D eigenvalue weighted by Crippen LogP contribution is -2.52. The minimum atomic E-state index is -0.326. The summed E-state index contributed by atoms with van der Waals surface area (Å²) in [5, 5.41) is 2.60. The van der Waals surface area contributed by atoms with E-state index in [9.17, 15) is 14.0 Å². The van der Waals surface area contributed by atoms with Crippen molar-refractivity contribution in [2.75, 3.05) is 31.1 Å². The highest BCUT2D eigenvalue weighted by Crippen LogP contribution is 2.41. The second-order valence-electron chi connectivity index (χ2n) is 10.3. The van der Waals surface area contributed by atoms with Gasteiger partial charge in [0, 0.05) is 52.4 Å². The van der Waals surface area contributed by atoms with E-state index in [1.165, 1.54) is 19.1 Å². The first-order valence-corrected chi connectivity index (χ1v) is 13.4. The summed E-state index contributed by atoms with van der Waals surface area (Å²) in [5.41, 5.74) is 2.81. The van der Waals surface area contributed by atoms with Gasteiger partial charge in [-0.2, -0.15) is 0 Å². The largest absolute Gasteiger partial charge is 0.489 e. The highest BCUT2D eigenvalue weighted by Gasteiger charge is 2.40. The van der Waals surface area contributed by atoms with Crippen molar-refractivity contribution in [3.63, 3.8) is 0 Å². The number of amides is 2. The SMILES string of the molecule is CC(=O)NCC(=O)N1CCC2(CC1)CCN(Cc1ccc(OCc3ccc(F)cc3)cc1)c1ccccc1O2. The average Bonchev–Trinajstić information content (AvgIpc) is 3.09. The van der Waals surface area contributed by atoms with Crippen molar-refractivity contribution >= 4 is 17.5 Å². The van der Waals surface area contributed by atoms with Crippen LogP contribution < -0.4 is 19.7 Å². The first kappa shape index (κ1) is 26.5. The number of halogens is 1. The minimum absolute atomic E-state index is 0.0376. The summed E-state index contributed by atoms with van der Waals surface area (Å²) >= 11 is 0. The first-order valence-electron chi connectivity index (χ1n) is 13.4. The van der Waals surface area contributed by atoms with Crippen molar-refractivity contribution in [3.8, 4) is 11.5 Å². The van der Waals surface area contributed by atoms with Gasteiger partial charge in [-0.05, 0) is 47.5 Å². The van der Waals surface area contributed by atoms with Crippen LogP contribution >= 0.6 is 0 Å². The maximum Gasteiger partial charge on any atom is 0.241 e. The summed E-state index contributed by atoms with van der Waals surface area (Å²) in [6, 6.07) is 22.5. The zero-order chi connectivity index (χ0) is 27.2. The van der Waals surface area contributed by atoms with Gasteiger partial charge in [0.15, 0.2) is 0 Å². The molecule has 3 aromatic carbocycles. The van der Waals surface area contributed by atoms with Gasteiger partial charge in [0.25, 0.3) is 0 Å². The number of likely N-dealkylation sites (tertiary alicyclic amines) is 1. The minimum Gasteiger partial charge on any atom is -0.489 e. The Morgan fingerprint density at radius 1 is 0.923 bits per heavy atom. The molecule has 3 aromatic rings. The lowest BCUT2D eigenvalue weighted by Gasteiger charge is -2.41. The maximum absolute atomic E-state index is 13.1. The summed E-state index contributed by atoms with van der Waals surface area (Å²) in [7, 11) is 0. The molecular formula is C31H34FN3O4. The number of benzene rings is 3. The molecule has 1 spiro atoms. The van der Waals surface area contributed by atoms with Crippen LogP contribution in [-0.2, 0) is 22.7 Å². The summed E-state index contributed by atoms with van der Waals surface area (Å²) < 4.78 is 25.7. The Labute approximate surface area is 228 Å². The molecule has 7 nitrogen and oxygen atoms in total. The first-order chi connectivity index (χ1) is 18.9. The summed E-state index contributed by atoms with van der Waals surface area (Å²) in [5.74, 6) is 1.12. The summed E-state index contributed by atoms with van der Waals surface area (Å²) in [6.07, 6.45) is 2.36. The molecule has 0 bridgehead atoms. The van der Waals surface area contributed by atoms with Crippen molar-refractivity contribution in [3.05, 3.63) is 89.7 Å². The maximum atomic E-state index is 13.1. The van der Waals surface area contributed by atoms with Gasteiger partial charge in [-0.1, -0.05) is 36.4 Å². The lowest BCUT2D eigenvalue weighted by atomic mass is 9.87. The second kappa shape index (κ2) is 11.8. The van der Waals surface area contributed by atoms with Crippen LogP contribution in [0, 0.1) is 5.82 Å². The molecule has 204 valence electrons. The van der Waals surface area contributed by atoms with Crippen LogP contribution in [0.1, 0.15) is 37.3 Å². The van der Waals surface area contributed by atoms with Gasteiger partial charge in [-0.3, -0.25) is 9.59 Å². The van der Waals surface area contributed by atoms with Crippen molar-refractivity contribution in [2.24, 2.45) is 0 Å². The number of ether oxygens (including phenoxy) is 2. The van der Waals surface area contributed by atoms with Crippen LogP contribution in [0.5, 0.6) is 11.5 Å². The highest BCUT2D eigenvalue weighted by atomic mass is 19.1. The lowest BCUT2D eigenvalue weighted by molar-refractivity contribution is -0.135. The van der Waals surface area contributed by atoms with E-state index >= 15 is 0 Å². The van der Waals surface area contributed by atoms with E-state index in [-0.39, 0.29) is 29.8 Å². The molecule has 0 saturated carbocycles. The number of nitrogens with zero attached hydrogens (tertiary/aromatic N) is 2. The third-order valence-electron chi connectivity index (χ3n) is 7.50. The zero-order valence-electron chi connectivity index (χ0n) is 22.2. The third-order valence-corrected chi connectivity index (χ3v) is 7.50. The topological polar surface area (TPSA) is 71.1 Å². The number of carbonyl (C=O) groups excluding carboxylic acids is 2. The Bertz CT molecular complexity index is 1290. The molecule has 1 saturated heterocycles. The molecule has 1 fully saturated rings. The van der Waals surface area contributed by atoms with Crippen molar-refractivity contribution in [1.29, 1.82) is 0 Å². The molecule has 39 heavy (non-hydrogen) atoms. The number of para-hydroxylation sites is 2. The number of carbonyl (C=O) groups is 2. The molecule has 0 atom stereocenters. The van der Waals surface area contributed by atoms with E-state index in [4.69, 9.17) is 9.47 Å². The molecule has 0 aliphatic carbocycles. The van der Waals surface area contributed by atoms with Crippen molar-refractivity contribution in [2.45, 2.75) is 44.9 Å². The second-order valence-corrected chi connectivity index (χ2v) is 10.3. The number of nitrogens with one attached hydrogen (secondary N) is 1. The Hall–Kier alpha value is -4.07. The fraction of sp³-hybridized carbons (Fsp3) is 0.355. The Morgan fingerprint density at radius 2 is 1.59 bits per heavy atom. The molecule has 2 amide bonds. The number of hydrogen-bond acceptors (Lipinski definition) is 5. The van der Waals surface area contributed by atoms with E-state index in [0.29, 0.717) is 19.7 Å². The number of fused-ring (bicyclic) bond motifs is 1.